The number of carbonyl (C=O) groups excluding carboxylic acids is 1. The van der Waals surface area contributed by atoms with Crippen molar-refractivity contribution >= 4 is 27.6 Å². The molecule has 2 rings (SSSR count). The van der Waals surface area contributed by atoms with Gasteiger partial charge in [-0.2, -0.15) is 0 Å². The van der Waals surface area contributed by atoms with Gasteiger partial charge in [-0.3, -0.25) is 0 Å². The van der Waals surface area contributed by atoms with Crippen LogP contribution in [0.4, 0.5) is 5.69 Å². The molecule has 0 spiro atoms. The number of nitrogens with two attached hydrogens (primary N) is 1. The van der Waals surface area contributed by atoms with Crippen LogP contribution in [0.15, 0.2) is 53.0 Å². The highest BCUT2D eigenvalue weighted by Gasteiger charge is 2.16. The van der Waals surface area contributed by atoms with Crippen LogP contribution < -0.4 is 5.73 Å². The number of ether oxygens (including phenoxy) is 1. The van der Waals surface area contributed by atoms with Crippen LogP contribution in [0.5, 0.6) is 0 Å². The molecule has 0 heterocycles. The summed E-state index contributed by atoms with van der Waals surface area (Å²) in [7, 11) is 0. The number of anilines is 1. The van der Waals surface area contributed by atoms with E-state index >= 15 is 0 Å². The van der Waals surface area contributed by atoms with E-state index in [9.17, 15) is 4.79 Å². The number of rotatable bonds is 3. The Bertz CT molecular complexity index is 584. The Morgan fingerprint density at radius 1 is 1.21 bits per heavy atom. The number of carbonyl (C=O) groups is 1. The van der Waals surface area contributed by atoms with Gasteiger partial charge in [-0.05, 0) is 46.6 Å². The molecule has 0 fully saturated rings. The predicted octanol–water partition coefficient (Wildman–Crippen LogP) is 3.95. The number of esters is 1. The highest BCUT2D eigenvalue weighted by atomic mass is 79.9. The smallest absolute Gasteiger partial charge is 0.339 e. The summed E-state index contributed by atoms with van der Waals surface area (Å²) in [5.74, 6) is -0.393. The van der Waals surface area contributed by atoms with Gasteiger partial charge < -0.3 is 10.5 Å². The molecule has 2 N–H and O–H groups in total. The zero-order valence-electron chi connectivity index (χ0n) is 10.5. The first kappa shape index (κ1) is 13.6. The second kappa shape index (κ2) is 5.89. The van der Waals surface area contributed by atoms with Crippen molar-refractivity contribution in [2.75, 3.05) is 5.73 Å². The third-order valence-electron chi connectivity index (χ3n) is 2.76. The Labute approximate surface area is 120 Å². The van der Waals surface area contributed by atoms with Gasteiger partial charge in [-0.1, -0.05) is 30.3 Å². The Balaban J connectivity index is 2.15. The van der Waals surface area contributed by atoms with Crippen LogP contribution in [0.3, 0.4) is 0 Å². The van der Waals surface area contributed by atoms with E-state index < -0.39 is 5.97 Å². The van der Waals surface area contributed by atoms with Gasteiger partial charge >= 0.3 is 5.97 Å². The van der Waals surface area contributed by atoms with Gasteiger partial charge in [0, 0.05) is 10.2 Å². The normalized spacial score (nSPS) is 11.9. The average molecular weight is 320 g/mol. The van der Waals surface area contributed by atoms with Gasteiger partial charge in [0.25, 0.3) is 0 Å². The van der Waals surface area contributed by atoms with Gasteiger partial charge in [-0.15, -0.1) is 0 Å². The van der Waals surface area contributed by atoms with E-state index in [0.29, 0.717) is 15.7 Å². The van der Waals surface area contributed by atoms with Crippen molar-refractivity contribution in [1.29, 1.82) is 0 Å². The van der Waals surface area contributed by atoms with Crippen LogP contribution in [-0.4, -0.2) is 5.97 Å². The van der Waals surface area contributed by atoms with Crippen molar-refractivity contribution in [2.45, 2.75) is 13.0 Å². The van der Waals surface area contributed by atoms with Crippen molar-refractivity contribution in [3.63, 3.8) is 0 Å². The molecule has 2 aromatic carbocycles. The fourth-order valence-electron chi connectivity index (χ4n) is 1.72. The summed E-state index contributed by atoms with van der Waals surface area (Å²) in [6.07, 6.45) is -0.304. The molecule has 0 aliphatic rings. The minimum absolute atomic E-state index is 0.304. The molecule has 0 saturated heterocycles. The summed E-state index contributed by atoms with van der Waals surface area (Å²) in [6.45, 7) is 1.84. The van der Waals surface area contributed by atoms with E-state index in [1.54, 1.807) is 18.2 Å². The first-order chi connectivity index (χ1) is 9.08. The number of halogens is 1. The van der Waals surface area contributed by atoms with E-state index in [0.717, 1.165) is 5.56 Å². The van der Waals surface area contributed by atoms with Crippen LogP contribution in [0.25, 0.3) is 0 Å². The van der Waals surface area contributed by atoms with Gasteiger partial charge in [0.15, 0.2) is 0 Å². The number of hydrogen-bond acceptors (Lipinski definition) is 3. The van der Waals surface area contributed by atoms with Crippen LogP contribution in [0.1, 0.15) is 28.9 Å². The van der Waals surface area contributed by atoms with Gasteiger partial charge in [0.1, 0.15) is 6.10 Å². The highest BCUT2D eigenvalue weighted by Crippen LogP contribution is 2.24. The summed E-state index contributed by atoms with van der Waals surface area (Å²) in [5, 5.41) is 0. The molecule has 0 aliphatic carbocycles. The Kier molecular flexibility index (Phi) is 4.22. The van der Waals surface area contributed by atoms with Gasteiger partial charge in [-0.25, -0.2) is 4.79 Å². The minimum Gasteiger partial charge on any atom is -0.454 e. The number of benzene rings is 2. The summed E-state index contributed by atoms with van der Waals surface area (Å²) < 4.78 is 6.11. The van der Waals surface area contributed by atoms with E-state index in [1.165, 1.54) is 0 Å². The van der Waals surface area contributed by atoms with Crippen LogP contribution in [0.2, 0.25) is 0 Å². The van der Waals surface area contributed by atoms with Gasteiger partial charge in [0.2, 0.25) is 0 Å². The topological polar surface area (TPSA) is 52.3 Å². The van der Waals surface area contributed by atoms with Crippen molar-refractivity contribution in [1.82, 2.24) is 0 Å². The largest absolute Gasteiger partial charge is 0.454 e. The third kappa shape index (κ3) is 3.35. The van der Waals surface area contributed by atoms with E-state index in [1.807, 2.05) is 37.3 Å². The lowest BCUT2D eigenvalue weighted by Crippen LogP contribution is -2.10. The summed E-state index contributed by atoms with van der Waals surface area (Å²) in [4.78, 5) is 12.1. The highest BCUT2D eigenvalue weighted by molar-refractivity contribution is 9.10. The second-order valence-corrected chi connectivity index (χ2v) is 5.05. The molecular formula is C15H14BrNO2. The minimum atomic E-state index is -0.393. The van der Waals surface area contributed by atoms with E-state index in [2.05, 4.69) is 15.9 Å². The zero-order valence-corrected chi connectivity index (χ0v) is 12.1. The van der Waals surface area contributed by atoms with Crippen molar-refractivity contribution < 1.29 is 9.53 Å². The Morgan fingerprint density at radius 2 is 1.89 bits per heavy atom. The van der Waals surface area contributed by atoms with E-state index in [-0.39, 0.29) is 6.10 Å². The molecule has 98 valence electrons. The third-order valence-corrected chi connectivity index (χ3v) is 3.45. The zero-order chi connectivity index (χ0) is 13.8. The summed E-state index contributed by atoms with van der Waals surface area (Å²) in [5.41, 5.74) is 7.60. The maximum Gasteiger partial charge on any atom is 0.339 e. The first-order valence-corrected chi connectivity index (χ1v) is 6.68. The van der Waals surface area contributed by atoms with Crippen LogP contribution >= 0.6 is 15.9 Å². The molecule has 4 heteroatoms. The first-order valence-electron chi connectivity index (χ1n) is 5.89. The molecule has 3 nitrogen and oxygen atoms in total. The maximum atomic E-state index is 12.1. The van der Waals surface area contributed by atoms with Crippen molar-refractivity contribution in [2.24, 2.45) is 0 Å². The molecule has 0 saturated carbocycles. The molecule has 1 atom stereocenters. The molecule has 0 aromatic heterocycles. The summed E-state index contributed by atoms with van der Waals surface area (Å²) >= 11 is 3.32. The van der Waals surface area contributed by atoms with Crippen LogP contribution in [0, 0.1) is 0 Å². The fraction of sp³-hybridized carbons (Fsp3) is 0.133. The lowest BCUT2D eigenvalue weighted by molar-refractivity contribution is 0.0337. The number of hydrogen-bond donors (Lipinski definition) is 1. The average Bonchev–Trinajstić information content (AvgIpc) is 2.42. The maximum absolute atomic E-state index is 12.1. The molecule has 19 heavy (non-hydrogen) atoms. The molecule has 0 bridgehead atoms. The van der Waals surface area contributed by atoms with Crippen molar-refractivity contribution in [3.05, 3.63) is 64.1 Å². The standard InChI is InChI=1S/C15H14BrNO2/c1-10(11-5-3-2-4-6-11)19-15(18)13-9-12(17)7-8-14(13)16/h2-10H,17H2,1H3. The summed E-state index contributed by atoms with van der Waals surface area (Å²) in [6, 6.07) is 14.7. The predicted molar refractivity (Wildman–Crippen MR) is 78.8 cm³/mol. The number of nitrogen functional groups attached to an aromatic ring is 1. The molecule has 0 amide bonds. The van der Waals surface area contributed by atoms with E-state index in [4.69, 9.17) is 10.5 Å². The monoisotopic (exact) mass is 319 g/mol. The second-order valence-electron chi connectivity index (χ2n) is 4.20. The molecular weight excluding hydrogens is 306 g/mol. The Morgan fingerprint density at radius 3 is 2.58 bits per heavy atom. The van der Waals surface area contributed by atoms with Crippen molar-refractivity contribution in [3.8, 4) is 0 Å². The lowest BCUT2D eigenvalue weighted by atomic mass is 10.1. The molecule has 1 unspecified atom stereocenters. The quantitative estimate of drug-likeness (QED) is 0.688. The molecule has 2 aromatic rings. The van der Waals surface area contributed by atoms with Gasteiger partial charge in [0.05, 0.1) is 5.56 Å². The fourth-order valence-corrected chi connectivity index (χ4v) is 2.12. The van der Waals surface area contributed by atoms with Crippen LogP contribution in [-0.2, 0) is 4.74 Å². The molecule has 0 aliphatic heterocycles. The lowest BCUT2D eigenvalue weighted by Gasteiger charge is -2.14. The Hall–Kier alpha value is -1.81. The molecule has 0 radical (unpaired) electrons. The SMILES string of the molecule is CC(OC(=O)c1cc(N)ccc1Br)c1ccccc1.